The molecule has 2 nitrogen and oxygen atoms in total. The van der Waals surface area contributed by atoms with Gasteiger partial charge in [-0.2, -0.15) is 0 Å². The molecule has 1 heterocycles. The predicted molar refractivity (Wildman–Crippen MR) is 71.2 cm³/mol. The minimum atomic E-state index is -0.166. The van der Waals surface area contributed by atoms with E-state index in [1.807, 2.05) is 12.1 Å². The highest BCUT2D eigenvalue weighted by Gasteiger charge is 2.14. The lowest BCUT2D eigenvalue weighted by Gasteiger charge is -2.21. The van der Waals surface area contributed by atoms with Crippen LogP contribution in [0.4, 0.5) is 4.39 Å². The third-order valence-corrected chi connectivity index (χ3v) is 3.43. The van der Waals surface area contributed by atoms with Gasteiger partial charge in [0.2, 0.25) is 0 Å². The third kappa shape index (κ3) is 4.39. The van der Waals surface area contributed by atoms with Gasteiger partial charge in [0.25, 0.3) is 0 Å². The molecule has 2 unspecified atom stereocenters. The molecule has 3 heteroatoms. The molecule has 1 aromatic carbocycles. The number of rotatable bonds is 4. The van der Waals surface area contributed by atoms with Gasteiger partial charge in [-0.1, -0.05) is 12.1 Å². The number of ether oxygens (including phenoxy) is 1. The Morgan fingerprint density at radius 2 is 2.06 bits per heavy atom. The summed E-state index contributed by atoms with van der Waals surface area (Å²) in [6.07, 6.45) is 4.36. The van der Waals surface area contributed by atoms with E-state index in [0.29, 0.717) is 12.1 Å². The van der Waals surface area contributed by atoms with Crippen LogP contribution in [0.3, 0.4) is 0 Å². The molecule has 1 aromatic rings. The first-order valence-electron chi connectivity index (χ1n) is 6.82. The molecule has 0 spiro atoms. The zero-order valence-electron chi connectivity index (χ0n) is 11.0. The van der Waals surface area contributed by atoms with Crippen molar-refractivity contribution in [1.29, 1.82) is 0 Å². The van der Waals surface area contributed by atoms with E-state index in [1.165, 1.54) is 24.1 Å². The van der Waals surface area contributed by atoms with Crippen molar-refractivity contribution in [2.75, 3.05) is 13.2 Å². The molecule has 2 atom stereocenters. The van der Waals surface area contributed by atoms with Crippen LogP contribution in [0.5, 0.6) is 0 Å². The standard InChI is InChI=1S/C15H22FNO/c1-12(11-13-4-6-14(16)7-5-13)17-15-3-2-9-18-10-8-15/h4-7,12,15,17H,2-3,8-11H2,1H3. The van der Waals surface area contributed by atoms with Crippen LogP contribution in [0, 0.1) is 5.82 Å². The topological polar surface area (TPSA) is 21.3 Å². The van der Waals surface area contributed by atoms with E-state index >= 15 is 0 Å². The first-order chi connectivity index (χ1) is 8.74. The zero-order valence-corrected chi connectivity index (χ0v) is 11.0. The van der Waals surface area contributed by atoms with E-state index in [9.17, 15) is 4.39 Å². The van der Waals surface area contributed by atoms with Crippen LogP contribution in [0.1, 0.15) is 31.7 Å². The summed E-state index contributed by atoms with van der Waals surface area (Å²) >= 11 is 0. The van der Waals surface area contributed by atoms with Crippen molar-refractivity contribution in [3.05, 3.63) is 35.6 Å². The molecule has 1 aliphatic rings. The average molecular weight is 251 g/mol. The smallest absolute Gasteiger partial charge is 0.123 e. The normalized spacial score (nSPS) is 22.4. The molecule has 100 valence electrons. The number of hydrogen-bond acceptors (Lipinski definition) is 2. The molecule has 1 saturated heterocycles. The maximum atomic E-state index is 12.8. The van der Waals surface area contributed by atoms with Crippen LogP contribution < -0.4 is 5.32 Å². The van der Waals surface area contributed by atoms with E-state index in [1.54, 1.807) is 0 Å². The summed E-state index contributed by atoms with van der Waals surface area (Å²) in [7, 11) is 0. The number of nitrogens with one attached hydrogen (secondary N) is 1. The van der Waals surface area contributed by atoms with E-state index in [4.69, 9.17) is 4.74 Å². The Hall–Kier alpha value is -0.930. The summed E-state index contributed by atoms with van der Waals surface area (Å²) in [6, 6.07) is 7.76. The monoisotopic (exact) mass is 251 g/mol. The molecule has 1 N–H and O–H groups in total. The summed E-state index contributed by atoms with van der Waals surface area (Å²) in [6.45, 7) is 3.95. The first-order valence-corrected chi connectivity index (χ1v) is 6.82. The Kier molecular flexibility index (Phi) is 5.14. The lowest BCUT2D eigenvalue weighted by molar-refractivity contribution is 0.142. The summed E-state index contributed by atoms with van der Waals surface area (Å²) in [5, 5.41) is 3.65. The van der Waals surface area contributed by atoms with Gasteiger partial charge in [-0.3, -0.25) is 0 Å². The lowest BCUT2D eigenvalue weighted by atomic mass is 10.0. The molecule has 0 amide bonds. The average Bonchev–Trinajstić information content (AvgIpc) is 2.61. The van der Waals surface area contributed by atoms with Crippen molar-refractivity contribution in [3.63, 3.8) is 0 Å². The second-order valence-corrected chi connectivity index (χ2v) is 5.14. The third-order valence-electron chi connectivity index (χ3n) is 3.43. The Labute approximate surface area is 109 Å². The molecule has 0 aliphatic carbocycles. The summed E-state index contributed by atoms with van der Waals surface area (Å²) in [5.74, 6) is -0.166. The quantitative estimate of drug-likeness (QED) is 0.888. The lowest BCUT2D eigenvalue weighted by Crippen LogP contribution is -2.37. The summed E-state index contributed by atoms with van der Waals surface area (Å²) in [4.78, 5) is 0. The highest BCUT2D eigenvalue weighted by Crippen LogP contribution is 2.11. The zero-order chi connectivity index (χ0) is 12.8. The van der Waals surface area contributed by atoms with Gasteiger partial charge in [-0.25, -0.2) is 4.39 Å². The van der Waals surface area contributed by atoms with Crippen molar-refractivity contribution >= 4 is 0 Å². The SMILES string of the molecule is CC(Cc1ccc(F)cc1)NC1CCCOCC1. The van der Waals surface area contributed by atoms with Crippen LogP contribution in [0.15, 0.2) is 24.3 Å². The van der Waals surface area contributed by atoms with Crippen molar-refractivity contribution in [2.24, 2.45) is 0 Å². The van der Waals surface area contributed by atoms with Crippen molar-refractivity contribution in [2.45, 2.75) is 44.7 Å². The Morgan fingerprint density at radius 1 is 1.28 bits per heavy atom. The highest BCUT2D eigenvalue weighted by molar-refractivity contribution is 5.17. The molecule has 1 aliphatic heterocycles. The van der Waals surface area contributed by atoms with Gasteiger partial charge in [0.1, 0.15) is 5.82 Å². The highest BCUT2D eigenvalue weighted by atomic mass is 19.1. The Morgan fingerprint density at radius 3 is 2.83 bits per heavy atom. The number of halogens is 1. The second kappa shape index (κ2) is 6.86. The van der Waals surface area contributed by atoms with Crippen molar-refractivity contribution in [3.8, 4) is 0 Å². The van der Waals surface area contributed by atoms with E-state index in [2.05, 4.69) is 12.2 Å². The molecular formula is C15H22FNO. The van der Waals surface area contributed by atoms with Crippen LogP contribution >= 0.6 is 0 Å². The molecular weight excluding hydrogens is 229 g/mol. The van der Waals surface area contributed by atoms with E-state index in [0.717, 1.165) is 32.5 Å². The van der Waals surface area contributed by atoms with Crippen LogP contribution in [-0.2, 0) is 11.2 Å². The maximum Gasteiger partial charge on any atom is 0.123 e. The first kappa shape index (κ1) is 13.5. The molecule has 0 radical (unpaired) electrons. The van der Waals surface area contributed by atoms with Gasteiger partial charge >= 0.3 is 0 Å². The minimum absolute atomic E-state index is 0.166. The molecule has 0 bridgehead atoms. The van der Waals surface area contributed by atoms with E-state index < -0.39 is 0 Å². The van der Waals surface area contributed by atoms with Gasteiger partial charge in [0.15, 0.2) is 0 Å². The maximum absolute atomic E-state index is 12.8. The molecule has 18 heavy (non-hydrogen) atoms. The summed E-state index contributed by atoms with van der Waals surface area (Å²) < 4.78 is 18.3. The van der Waals surface area contributed by atoms with Gasteiger partial charge in [0.05, 0.1) is 0 Å². The fraction of sp³-hybridized carbons (Fsp3) is 0.600. The van der Waals surface area contributed by atoms with Gasteiger partial charge in [-0.05, 0) is 50.3 Å². The van der Waals surface area contributed by atoms with Gasteiger partial charge < -0.3 is 10.1 Å². The number of benzene rings is 1. The fourth-order valence-corrected chi connectivity index (χ4v) is 2.51. The fourth-order valence-electron chi connectivity index (χ4n) is 2.51. The predicted octanol–water partition coefficient (Wildman–Crippen LogP) is 2.92. The van der Waals surface area contributed by atoms with Crippen LogP contribution in [0.2, 0.25) is 0 Å². The molecule has 1 fully saturated rings. The van der Waals surface area contributed by atoms with Crippen LogP contribution in [0.25, 0.3) is 0 Å². The Balaban J connectivity index is 1.80. The van der Waals surface area contributed by atoms with Crippen molar-refractivity contribution < 1.29 is 9.13 Å². The van der Waals surface area contributed by atoms with E-state index in [-0.39, 0.29) is 5.82 Å². The summed E-state index contributed by atoms with van der Waals surface area (Å²) in [5.41, 5.74) is 1.18. The van der Waals surface area contributed by atoms with Gasteiger partial charge in [0, 0.05) is 25.3 Å². The molecule has 0 aromatic heterocycles. The largest absolute Gasteiger partial charge is 0.381 e. The number of hydrogen-bond donors (Lipinski definition) is 1. The molecule has 0 saturated carbocycles. The minimum Gasteiger partial charge on any atom is -0.381 e. The van der Waals surface area contributed by atoms with Gasteiger partial charge in [-0.15, -0.1) is 0 Å². The second-order valence-electron chi connectivity index (χ2n) is 5.14. The molecule has 2 rings (SSSR count). The Bertz CT molecular complexity index is 344. The van der Waals surface area contributed by atoms with Crippen molar-refractivity contribution in [1.82, 2.24) is 5.32 Å². The van der Waals surface area contributed by atoms with Crippen LogP contribution in [-0.4, -0.2) is 25.3 Å².